The van der Waals surface area contributed by atoms with Gasteiger partial charge < -0.3 is 9.64 Å². The number of benzene rings is 2. The highest BCUT2D eigenvalue weighted by Gasteiger charge is 2.51. The number of nitriles is 1. The lowest BCUT2D eigenvalue weighted by Gasteiger charge is -2.27. The SMILES string of the molecule is Cc1c(N2C(=O)N(CCCOc3ccc(-c4ccncc4F)cc3)C(C)(C)C2=O)ccc(C#N)c1Cl. The van der Waals surface area contributed by atoms with Gasteiger partial charge in [-0.3, -0.25) is 9.78 Å². The maximum Gasteiger partial charge on any atom is 0.332 e. The first-order valence-corrected chi connectivity index (χ1v) is 11.7. The lowest BCUT2D eigenvalue weighted by Crippen LogP contribution is -2.44. The fraction of sp³-hybridized carbons (Fsp3) is 0.259. The third kappa shape index (κ3) is 4.50. The van der Waals surface area contributed by atoms with E-state index in [1.807, 2.05) is 6.07 Å². The molecule has 1 aromatic heterocycles. The number of rotatable bonds is 7. The van der Waals surface area contributed by atoms with Crippen LogP contribution in [0.3, 0.4) is 0 Å². The number of pyridine rings is 1. The van der Waals surface area contributed by atoms with Crippen molar-refractivity contribution in [1.82, 2.24) is 9.88 Å². The van der Waals surface area contributed by atoms with Gasteiger partial charge in [0.2, 0.25) is 0 Å². The van der Waals surface area contributed by atoms with E-state index in [1.165, 1.54) is 23.4 Å². The molecule has 2 heterocycles. The molecule has 0 saturated carbocycles. The van der Waals surface area contributed by atoms with Crippen molar-refractivity contribution in [3.05, 3.63) is 76.8 Å². The summed E-state index contributed by atoms with van der Waals surface area (Å²) in [5, 5.41) is 9.41. The van der Waals surface area contributed by atoms with Crippen molar-refractivity contribution in [1.29, 1.82) is 5.26 Å². The fourth-order valence-electron chi connectivity index (χ4n) is 4.18. The van der Waals surface area contributed by atoms with E-state index in [2.05, 4.69) is 4.98 Å². The Labute approximate surface area is 213 Å². The highest BCUT2D eigenvalue weighted by Crippen LogP contribution is 2.37. The molecule has 3 amide bonds. The molecular weight excluding hydrogens is 483 g/mol. The molecule has 9 heteroatoms. The molecule has 1 aliphatic heterocycles. The molecular formula is C27H24ClFN4O3. The summed E-state index contributed by atoms with van der Waals surface area (Å²) in [7, 11) is 0. The van der Waals surface area contributed by atoms with E-state index in [-0.39, 0.29) is 16.5 Å². The average molecular weight is 507 g/mol. The smallest absolute Gasteiger partial charge is 0.332 e. The van der Waals surface area contributed by atoms with Gasteiger partial charge in [0.25, 0.3) is 5.91 Å². The van der Waals surface area contributed by atoms with E-state index in [0.717, 1.165) is 4.90 Å². The first-order valence-electron chi connectivity index (χ1n) is 11.3. The van der Waals surface area contributed by atoms with Crippen LogP contribution in [0.2, 0.25) is 5.02 Å². The highest BCUT2D eigenvalue weighted by atomic mass is 35.5. The van der Waals surface area contributed by atoms with Crippen LogP contribution in [0.25, 0.3) is 11.1 Å². The molecule has 0 atom stereocenters. The van der Waals surface area contributed by atoms with Gasteiger partial charge in [-0.15, -0.1) is 0 Å². The summed E-state index contributed by atoms with van der Waals surface area (Å²) in [5.74, 6) is -0.150. The van der Waals surface area contributed by atoms with E-state index in [4.69, 9.17) is 16.3 Å². The Morgan fingerprint density at radius 3 is 2.53 bits per heavy atom. The maximum atomic E-state index is 13.9. The second-order valence-corrected chi connectivity index (χ2v) is 9.28. The molecule has 184 valence electrons. The van der Waals surface area contributed by atoms with Gasteiger partial charge in [-0.2, -0.15) is 5.26 Å². The number of nitrogens with zero attached hydrogens (tertiary/aromatic N) is 4. The summed E-state index contributed by atoms with van der Waals surface area (Å²) in [6.45, 7) is 5.70. The van der Waals surface area contributed by atoms with Crippen molar-refractivity contribution in [2.75, 3.05) is 18.1 Å². The van der Waals surface area contributed by atoms with Gasteiger partial charge in [-0.05, 0) is 68.7 Å². The van der Waals surface area contributed by atoms with Crippen molar-refractivity contribution in [3.8, 4) is 22.9 Å². The number of amides is 3. The molecule has 4 rings (SSSR count). The molecule has 1 saturated heterocycles. The highest BCUT2D eigenvalue weighted by molar-refractivity contribution is 6.33. The average Bonchev–Trinajstić information content (AvgIpc) is 3.03. The van der Waals surface area contributed by atoms with Gasteiger partial charge in [-0.25, -0.2) is 14.1 Å². The van der Waals surface area contributed by atoms with Crippen LogP contribution in [0.15, 0.2) is 54.9 Å². The Hall–Kier alpha value is -3.96. The second-order valence-electron chi connectivity index (χ2n) is 8.90. The van der Waals surface area contributed by atoms with E-state index < -0.39 is 17.4 Å². The number of ether oxygens (including phenoxy) is 1. The van der Waals surface area contributed by atoms with Crippen LogP contribution in [0, 0.1) is 24.1 Å². The number of carbonyl (C=O) groups is 2. The number of hydrogen-bond donors (Lipinski definition) is 0. The van der Waals surface area contributed by atoms with Crippen LogP contribution in [-0.2, 0) is 4.79 Å². The lowest BCUT2D eigenvalue weighted by molar-refractivity contribution is -0.123. The molecule has 0 bridgehead atoms. The topological polar surface area (TPSA) is 86.5 Å². The third-order valence-corrected chi connectivity index (χ3v) is 6.76. The largest absolute Gasteiger partial charge is 0.494 e. The molecule has 0 spiro atoms. The third-order valence-electron chi connectivity index (χ3n) is 6.28. The number of halogens is 2. The predicted octanol–water partition coefficient (Wildman–Crippen LogP) is 5.74. The van der Waals surface area contributed by atoms with Gasteiger partial charge in [0, 0.05) is 18.3 Å². The molecule has 0 N–H and O–H groups in total. The van der Waals surface area contributed by atoms with Crippen molar-refractivity contribution < 1.29 is 18.7 Å². The summed E-state index contributed by atoms with van der Waals surface area (Å²) in [6, 6.07) is 13.3. The number of imide groups is 1. The van der Waals surface area contributed by atoms with Gasteiger partial charge in [-0.1, -0.05) is 23.7 Å². The normalized spacial score (nSPS) is 14.8. The molecule has 0 unspecified atom stereocenters. The number of carbonyl (C=O) groups excluding carboxylic acids is 2. The zero-order valence-electron chi connectivity index (χ0n) is 20.1. The van der Waals surface area contributed by atoms with Crippen LogP contribution >= 0.6 is 11.6 Å². The number of urea groups is 1. The number of hydrogen-bond acceptors (Lipinski definition) is 5. The molecule has 36 heavy (non-hydrogen) atoms. The molecule has 0 radical (unpaired) electrons. The van der Waals surface area contributed by atoms with Gasteiger partial charge in [0.1, 0.15) is 23.2 Å². The first kappa shape index (κ1) is 25.1. The Morgan fingerprint density at radius 1 is 1.14 bits per heavy atom. The summed E-state index contributed by atoms with van der Waals surface area (Å²) in [5.41, 5.74) is 1.26. The molecule has 2 aromatic carbocycles. The lowest BCUT2D eigenvalue weighted by atomic mass is 10.0. The van der Waals surface area contributed by atoms with Crippen molar-refractivity contribution in [2.45, 2.75) is 32.7 Å². The quantitative estimate of drug-likeness (QED) is 0.301. The Bertz CT molecular complexity index is 1370. The zero-order chi connectivity index (χ0) is 26.0. The molecule has 7 nitrogen and oxygen atoms in total. The van der Waals surface area contributed by atoms with Crippen molar-refractivity contribution >= 4 is 29.2 Å². The minimum absolute atomic E-state index is 0.220. The fourth-order valence-corrected chi connectivity index (χ4v) is 4.38. The predicted molar refractivity (Wildman–Crippen MR) is 134 cm³/mol. The van der Waals surface area contributed by atoms with E-state index in [1.54, 1.807) is 57.2 Å². The second kappa shape index (κ2) is 9.96. The van der Waals surface area contributed by atoms with E-state index in [9.17, 15) is 19.2 Å². The summed E-state index contributed by atoms with van der Waals surface area (Å²) in [6.07, 6.45) is 3.20. The van der Waals surface area contributed by atoms with Crippen molar-refractivity contribution in [3.63, 3.8) is 0 Å². The summed E-state index contributed by atoms with van der Waals surface area (Å²) >= 11 is 6.27. The molecule has 3 aromatic rings. The minimum atomic E-state index is -1.06. The summed E-state index contributed by atoms with van der Waals surface area (Å²) < 4.78 is 19.7. The van der Waals surface area contributed by atoms with Crippen LogP contribution in [0.1, 0.15) is 31.4 Å². The van der Waals surface area contributed by atoms with Gasteiger partial charge in [0.15, 0.2) is 0 Å². The summed E-state index contributed by atoms with van der Waals surface area (Å²) in [4.78, 5) is 32.8. The van der Waals surface area contributed by atoms with E-state index >= 15 is 0 Å². The standard InChI is InChI=1S/C27H24ClFN4O3/c1-17-23(10-7-19(15-30)24(17)28)33-25(34)27(2,3)32(26(33)35)13-4-14-36-20-8-5-18(6-9-20)21-11-12-31-16-22(21)29/h5-12,16H,4,13-14H2,1-3H3. The van der Waals surface area contributed by atoms with Crippen LogP contribution in [0.4, 0.5) is 14.9 Å². The molecule has 1 fully saturated rings. The van der Waals surface area contributed by atoms with Crippen LogP contribution in [0.5, 0.6) is 5.75 Å². The molecule has 0 aliphatic carbocycles. The first-order chi connectivity index (χ1) is 17.2. The minimum Gasteiger partial charge on any atom is -0.494 e. The van der Waals surface area contributed by atoms with Gasteiger partial charge >= 0.3 is 6.03 Å². The van der Waals surface area contributed by atoms with E-state index in [0.29, 0.717) is 47.7 Å². The number of aromatic nitrogens is 1. The van der Waals surface area contributed by atoms with Gasteiger partial charge in [0.05, 0.1) is 29.1 Å². The zero-order valence-corrected chi connectivity index (χ0v) is 20.8. The monoisotopic (exact) mass is 506 g/mol. The Morgan fingerprint density at radius 2 is 1.86 bits per heavy atom. The van der Waals surface area contributed by atoms with Crippen LogP contribution < -0.4 is 9.64 Å². The molecule has 1 aliphatic rings. The Kier molecular flexibility index (Phi) is 6.95. The number of anilines is 1. The maximum absolute atomic E-state index is 13.9. The van der Waals surface area contributed by atoms with Crippen molar-refractivity contribution in [2.24, 2.45) is 0 Å². The Balaban J connectivity index is 1.40. The van der Waals surface area contributed by atoms with Crippen LogP contribution in [-0.4, -0.2) is 40.5 Å².